The van der Waals surface area contributed by atoms with Crippen molar-refractivity contribution in [1.29, 1.82) is 0 Å². The molecule has 3 aromatic rings. The average Bonchev–Trinajstić information content (AvgIpc) is 3.07. The molecule has 0 unspecified atom stereocenters. The summed E-state index contributed by atoms with van der Waals surface area (Å²) in [5.74, 6) is 0.154. The molecular weight excluding hydrogens is 346 g/mol. The van der Waals surface area contributed by atoms with E-state index in [1.54, 1.807) is 4.68 Å². The summed E-state index contributed by atoms with van der Waals surface area (Å²) < 4.78 is 1.66. The van der Waals surface area contributed by atoms with Gasteiger partial charge in [-0.05, 0) is 72.5 Å². The lowest BCUT2D eigenvalue weighted by atomic mass is 10.1. The molecule has 3 rings (SSSR count). The molecule has 0 aliphatic heterocycles. The van der Waals surface area contributed by atoms with Crippen LogP contribution in [0.4, 0.5) is 5.69 Å². The maximum Gasteiger partial charge on any atom is 0.234 e. The van der Waals surface area contributed by atoms with Gasteiger partial charge in [-0.25, -0.2) is 0 Å². The first-order valence-corrected chi connectivity index (χ1v) is 9.29. The molecule has 2 aromatic carbocycles. The monoisotopic (exact) mass is 367 g/mol. The highest BCUT2D eigenvalue weighted by atomic mass is 32.2. The van der Waals surface area contributed by atoms with Crippen molar-refractivity contribution in [3.63, 3.8) is 0 Å². The van der Waals surface area contributed by atoms with Crippen molar-refractivity contribution < 1.29 is 4.79 Å². The number of aromatic nitrogens is 4. The first-order valence-electron chi connectivity index (χ1n) is 8.30. The average molecular weight is 367 g/mol. The standard InChI is InChI=1S/C19H21N5OS/c1-12-8-9-16(10-15(12)4)24-19(21-22-23-24)26-11-17(25)20-18-13(2)6-5-7-14(18)3/h5-10H,11H2,1-4H3,(H,20,25). The Morgan fingerprint density at radius 3 is 2.46 bits per heavy atom. The zero-order valence-electron chi connectivity index (χ0n) is 15.3. The molecule has 1 aromatic heterocycles. The number of carbonyl (C=O) groups is 1. The van der Waals surface area contributed by atoms with Gasteiger partial charge < -0.3 is 5.32 Å². The number of tetrazole rings is 1. The second-order valence-electron chi connectivity index (χ2n) is 6.25. The van der Waals surface area contributed by atoms with Gasteiger partial charge in [0.1, 0.15) is 0 Å². The van der Waals surface area contributed by atoms with Crippen LogP contribution in [0.2, 0.25) is 0 Å². The molecule has 6 nitrogen and oxygen atoms in total. The van der Waals surface area contributed by atoms with E-state index < -0.39 is 0 Å². The summed E-state index contributed by atoms with van der Waals surface area (Å²) in [5.41, 5.74) is 6.22. The number of benzene rings is 2. The van der Waals surface area contributed by atoms with Crippen LogP contribution in [0.15, 0.2) is 41.6 Å². The summed E-state index contributed by atoms with van der Waals surface area (Å²) in [6.45, 7) is 8.08. The van der Waals surface area contributed by atoms with E-state index in [9.17, 15) is 4.79 Å². The van der Waals surface area contributed by atoms with Crippen molar-refractivity contribution in [2.24, 2.45) is 0 Å². The number of aryl methyl sites for hydroxylation is 4. The van der Waals surface area contributed by atoms with Gasteiger partial charge in [0.25, 0.3) is 0 Å². The maximum absolute atomic E-state index is 12.3. The predicted molar refractivity (Wildman–Crippen MR) is 104 cm³/mol. The lowest BCUT2D eigenvalue weighted by molar-refractivity contribution is -0.113. The summed E-state index contributed by atoms with van der Waals surface area (Å²) in [6, 6.07) is 12.0. The molecule has 0 spiro atoms. The van der Waals surface area contributed by atoms with Crippen molar-refractivity contribution in [2.75, 3.05) is 11.1 Å². The number of amides is 1. The van der Waals surface area contributed by atoms with Gasteiger partial charge in [0, 0.05) is 5.69 Å². The van der Waals surface area contributed by atoms with E-state index in [1.165, 1.54) is 22.9 Å². The minimum atomic E-state index is -0.0814. The number of hydrogen-bond donors (Lipinski definition) is 1. The molecule has 0 saturated carbocycles. The van der Waals surface area contributed by atoms with E-state index in [0.29, 0.717) is 5.16 Å². The largest absolute Gasteiger partial charge is 0.325 e. The second kappa shape index (κ2) is 7.70. The number of thioether (sulfide) groups is 1. The van der Waals surface area contributed by atoms with Crippen molar-refractivity contribution in [2.45, 2.75) is 32.9 Å². The maximum atomic E-state index is 12.3. The number of rotatable bonds is 5. The Labute approximate surface area is 157 Å². The fourth-order valence-electron chi connectivity index (χ4n) is 2.61. The van der Waals surface area contributed by atoms with Crippen LogP contribution in [-0.4, -0.2) is 31.9 Å². The van der Waals surface area contributed by atoms with E-state index in [1.807, 2.05) is 57.2 Å². The van der Waals surface area contributed by atoms with Crippen LogP contribution in [-0.2, 0) is 4.79 Å². The van der Waals surface area contributed by atoms with Crippen LogP contribution in [0.25, 0.3) is 5.69 Å². The highest BCUT2D eigenvalue weighted by molar-refractivity contribution is 7.99. The molecule has 0 radical (unpaired) electrons. The quantitative estimate of drug-likeness (QED) is 0.697. The Kier molecular flexibility index (Phi) is 5.37. The van der Waals surface area contributed by atoms with Gasteiger partial charge in [-0.3, -0.25) is 4.79 Å². The zero-order valence-corrected chi connectivity index (χ0v) is 16.1. The Morgan fingerprint density at radius 2 is 1.77 bits per heavy atom. The van der Waals surface area contributed by atoms with Gasteiger partial charge in [-0.1, -0.05) is 36.0 Å². The van der Waals surface area contributed by atoms with E-state index in [-0.39, 0.29) is 11.7 Å². The third-order valence-electron chi connectivity index (χ3n) is 4.25. The van der Waals surface area contributed by atoms with Crippen LogP contribution in [0.5, 0.6) is 0 Å². The molecule has 1 heterocycles. The molecule has 0 aliphatic rings. The smallest absolute Gasteiger partial charge is 0.234 e. The Bertz CT molecular complexity index is 931. The first-order chi connectivity index (χ1) is 12.5. The summed E-state index contributed by atoms with van der Waals surface area (Å²) in [4.78, 5) is 12.3. The number of nitrogens with one attached hydrogen (secondary N) is 1. The van der Waals surface area contributed by atoms with Gasteiger partial charge in [-0.15, -0.1) is 5.10 Å². The van der Waals surface area contributed by atoms with Crippen LogP contribution in [0.1, 0.15) is 22.3 Å². The van der Waals surface area contributed by atoms with Crippen LogP contribution >= 0.6 is 11.8 Å². The second-order valence-corrected chi connectivity index (χ2v) is 7.19. The minimum Gasteiger partial charge on any atom is -0.325 e. The van der Waals surface area contributed by atoms with Crippen molar-refractivity contribution in [1.82, 2.24) is 20.2 Å². The lowest BCUT2D eigenvalue weighted by Crippen LogP contribution is -2.16. The molecule has 0 saturated heterocycles. The van der Waals surface area contributed by atoms with E-state index in [4.69, 9.17) is 0 Å². The molecule has 0 aliphatic carbocycles. The first kappa shape index (κ1) is 18.1. The molecule has 0 fully saturated rings. The zero-order chi connectivity index (χ0) is 18.7. The molecule has 26 heavy (non-hydrogen) atoms. The number of nitrogens with zero attached hydrogens (tertiary/aromatic N) is 4. The Hall–Kier alpha value is -2.67. The number of hydrogen-bond acceptors (Lipinski definition) is 5. The van der Waals surface area contributed by atoms with Crippen LogP contribution in [0, 0.1) is 27.7 Å². The summed E-state index contributed by atoms with van der Waals surface area (Å²) in [5, 5.41) is 15.4. The van der Waals surface area contributed by atoms with Crippen molar-refractivity contribution in [3.05, 3.63) is 58.7 Å². The topological polar surface area (TPSA) is 72.7 Å². The molecule has 1 amide bonds. The number of carbonyl (C=O) groups excluding carboxylic acids is 1. The molecule has 0 bridgehead atoms. The molecule has 134 valence electrons. The van der Waals surface area contributed by atoms with Gasteiger partial charge in [-0.2, -0.15) is 4.68 Å². The van der Waals surface area contributed by atoms with E-state index in [2.05, 4.69) is 27.8 Å². The normalized spacial score (nSPS) is 10.8. The third-order valence-corrected chi connectivity index (χ3v) is 5.17. The van der Waals surface area contributed by atoms with Crippen LogP contribution in [0.3, 0.4) is 0 Å². The summed E-state index contributed by atoms with van der Waals surface area (Å²) >= 11 is 1.31. The Morgan fingerprint density at radius 1 is 1.04 bits per heavy atom. The highest BCUT2D eigenvalue weighted by Gasteiger charge is 2.13. The fraction of sp³-hybridized carbons (Fsp3) is 0.263. The van der Waals surface area contributed by atoms with Crippen molar-refractivity contribution in [3.8, 4) is 5.69 Å². The van der Waals surface area contributed by atoms with Gasteiger partial charge in [0.05, 0.1) is 11.4 Å². The Balaban J connectivity index is 1.70. The minimum absolute atomic E-state index is 0.0814. The highest BCUT2D eigenvalue weighted by Crippen LogP contribution is 2.22. The fourth-order valence-corrected chi connectivity index (χ4v) is 3.30. The van der Waals surface area contributed by atoms with Crippen molar-refractivity contribution >= 4 is 23.4 Å². The predicted octanol–water partition coefficient (Wildman–Crippen LogP) is 3.63. The van der Waals surface area contributed by atoms with E-state index in [0.717, 1.165) is 22.5 Å². The molecule has 0 atom stereocenters. The van der Waals surface area contributed by atoms with E-state index >= 15 is 0 Å². The third kappa shape index (κ3) is 3.94. The lowest BCUT2D eigenvalue weighted by Gasteiger charge is -2.11. The number of para-hydroxylation sites is 1. The SMILES string of the molecule is Cc1ccc(-n2nnnc2SCC(=O)Nc2c(C)cccc2C)cc1C. The van der Waals surface area contributed by atoms with Gasteiger partial charge in [0.2, 0.25) is 11.1 Å². The molecular formula is C19H21N5OS. The van der Waals surface area contributed by atoms with Gasteiger partial charge >= 0.3 is 0 Å². The molecule has 1 N–H and O–H groups in total. The van der Waals surface area contributed by atoms with Gasteiger partial charge in [0.15, 0.2) is 0 Å². The summed E-state index contributed by atoms with van der Waals surface area (Å²) in [6.07, 6.45) is 0. The van der Waals surface area contributed by atoms with Crippen LogP contribution < -0.4 is 5.32 Å². The summed E-state index contributed by atoms with van der Waals surface area (Å²) in [7, 11) is 0. The molecule has 7 heteroatoms. The number of anilines is 1.